The van der Waals surface area contributed by atoms with Crippen molar-refractivity contribution in [2.75, 3.05) is 19.5 Å². The molecule has 2 aromatic carbocycles. The minimum Gasteiger partial charge on any atom is -0.493 e. The number of hydrogen-bond acceptors (Lipinski definition) is 8. The molecular weight excluding hydrogens is 488 g/mol. The molecule has 1 amide bonds. The first-order chi connectivity index (χ1) is 16.7. The summed E-state index contributed by atoms with van der Waals surface area (Å²) in [4.78, 5) is 13.4. The van der Waals surface area contributed by atoms with Gasteiger partial charge in [-0.2, -0.15) is 4.31 Å². The Bertz CT molecular complexity index is 1320. The zero-order chi connectivity index (χ0) is 25.2. The number of nitrogens with zero attached hydrogens (tertiary/aromatic N) is 3. The number of carbonyl (C=O) groups is 1. The molecule has 35 heavy (non-hydrogen) atoms. The van der Waals surface area contributed by atoms with Crippen LogP contribution in [0.5, 0.6) is 11.5 Å². The van der Waals surface area contributed by atoms with Gasteiger partial charge in [-0.25, -0.2) is 8.42 Å². The fourth-order valence-electron chi connectivity index (χ4n) is 4.01. The quantitative estimate of drug-likeness (QED) is 0.488. The van der Waals surface area contributed by atoms with E-state index in [1.54, 1.807) is 0 Å². The first kappa shape index (κ1) is 25.1. The summed E-state index contributed by atoms with van der Waals surface area (Å²) in [6, 6.07) is 11.0. The summed E-state index contributed by atoms with van der Waals surface area (Å²) in [5.74, 6) is 0.663. The van der Waals surface area contributed by atoms with Crippen LogP contribution in [0.25, 0.3) is 0 Å². The van der Waals surface area contributed by atoms with Gasteiger partial charge in [0.25, 0.3) is 0 Å². The van der Waals surface area contributed by atoms with Crippen LogP contribution in [0.15, 0.2) is 47.4 Å². The Hall–Kier alpha value is -3.02. The average molecular weight is 517 g/mol. The second-order valence-electron chi connectivity index (χ2n) is 8.64. The fourth-order valence-corrected chi connectivity index (χ4v) is 6.55. The minimum absolute atomic E-state index is 0.0162. The Labute approximate surface area is 209 Å². The van der Waals surface area contributed by atoms with Gasteiger partial charge in [-0.1, -0.05) is 49.4 Å². The van der Waals surface area contributed by atoms with E-state index in [0.29, 0.717) is 22.5 Å². The van der Waals surface area contributed by atoms with Crippen molar-refractivity contribution in [3.05, 3.63) is 58.6 Å². The maximum atomic E-state index is 13.8. The third-order valence-electron chi connectivity index (χ3n) is 5.75. The van der Waals surface area contributed by atoms with Crippen LogP contribution in [0.1, 0.15) is 30.0 Å². The Balaban J connectivity index is 1.67. The number of methoxy groups -OCH3 is 2. The molecular formula is C24H28N4O5S2. The molecule has 0 saturated heterocycles. The predicted molar refractivity (Wildman–Crippen MR) is 133 cm³/mol. The van der Waals surface area contributed by atoms with Gasteiger partial charge in [0.2, 0.25) is 21.1 Å². The lowest BCUT2D eigenvalue weighted by Crippen LogP contribution is -2.50. The number of aromatic nitrogens is 2. The Morgan fingerprint density at radius 2 is 1.83 bits per heavy atom. The van der Waals surface area contributed by atoms with E-state index in [9.17, 15) is 13.2 Å². The highest BCUT2D eigenvalue weighted by Gasteiger charge is 2.40. The van der Waals surface area contributed by atoms with Gasteiger partial charge in [0.15, 0.2) is 11.5 Å². The third-order valence-corrected chi connectivity index (χ3v) is 8.46. The van der Waals surface area contributed by atoms with Crippen LogP contribution in [-0.4, -0.2) is 49.1 Å². The van der Waals surface area contributed by atoms with Gasteiger partial charge in [0, 0.05) is 19.0 Å². The maximum absolute atomic E-state index is 13.8. The standard InChI is InChI=1S/C24H28N4O5S2/c1-15(2)11-22-26-27-24(34-22)25-23(29)19-12-16-7-5-6-8-17(16)14-28(19)35(30,31)18-9-10-20(32-3)21(13-18)33-4/h5-10,13,15,19H,11-12,14H2,1-4H3,(H,25,27,29). The largest absolute Gasteiger partial charge is 0.493 e. The van der Waals surface area contributed by atoms with E-state index >= 15 is 0 Å². The SMILES string of the molecule is COc1ccc(S(=O)(=O)N2Cc3ccccc3CC2C(=O)Nc2nnc(CC(C)C)s2)cc1OC. The lowest BCUT2D eigenvalue weighted by molar-refractivity contribution is -0.120. The normalized spacial score (nSPS) is 16.1. The van der Waals surface area contributed by atoms with Crippen LogP contribution in [0, 0.1) is 5.92 Å². The summed E-state index contributed by atoms with van der Waals surface area (Å²) in [5, 5.41) is 12.2. The van der Waals surface area contributed by atoms with Crippen molar-refractivity contribution < 1.29 is 22.7 Å². The van der Waals surface area contributed by atoms with Crippen LogP contribution in [0.4, 0.5) is 5.13 Å². The van der Waals surface area contributed by atoms with Gasteiger partial charge in [-0.05, 0) is 35.6 Å². The lowest BCUT2D eigenvalue weighted by atomic mass is 9.95. The second kappa shape index (κ2) is 10.3. The molecule has 0 aliphatic carbocycles. The molecule has 0 bridgehead atoms. The van der Waals surface area contributed by atoms with E-state index in [-0.39, 0.29) is 17.9 Å². The summed E-state index contributed by atoms with van der Waals surface area (Å²) in [5.41, 5.74) is 1.79. The number of fused-ring (bicyclic) bond motifs is 1. The molecule has 4 rings (SSSR count). The van der Waals surface area contributed by atoms with E-state index in [4.69, 9.17) is 9.47 Å². The molecule has 3 aromatic rings. The summed E-state index contributed by atoms with van der Waals surface area (Å²) in [7, 11) is -1.13. The lowest BCUT2D eigenvalue weighted by Gasteiger charge is -2.34. The van der Waals surface area contributed by atoms with Gasteiger partial charge in [0.05, 0.1) is 19.1 Å². The molecule has 1 atom stereocenters. The Morgan fingerprint density at radius 1 is 1.11 bits per heavy atom. The van der Waals surface area contributed by atoms with Crippen LogP contribution in [-0.2, 0) is 34.2 Å². The number of sulfonamides is 1. The van der Waals surface area contributed by atoms with Crippen LogP contribution in [0.3, 0.4) is 0 Å². The maximum Gasteiger partial charge on any atom is 0.245 e. The molecule has 1 aliphatic rings. The third kappa shape index (κ3) is 5.31. The van der Waals surface area contributed by atoms with Gasteiger partial charge >= 0.3 is 0 Å². The van der Waals surface area contributed by atoms with Gasteiger partial charge < -0.3 is 9.47 Å². The monoisotopic (exact) mass is 516 g/mol. The molecule has 186 valence electrons. The molecule has 1 aromatic heterocycles. The van der Waals surface area contributed by atoms with Crippen molar-refractivity contribution in [3.8, 4) is 11.5 Å². The molecule has 0 spiro atoms. The Morgan fingerprint density at radius 3 is 2.51 bits per heavy atom. The van der Waals surface area contributed by atoms with E-state index in [2.05, 4.69) is 29.4 Å². The fraction of sp³-hybridized carbons (Fsp3) is 0.375. The first-order valence-corrected chi connectivity index (χ1v) is 13.4. The van der Waals surface area contributed by atoms with E-state index in [0.717, 1.165) is 22.6 Å². The van der Waals surface area contributed by atoms with E-state index in [1.165, 1.54) is 48.1 Å². The predicted octanol–water partition coefficient (Wildman–Crippen LogP) is 3.51. The minimum atomic E-state index is -4.06. The number of hydrogen-bond donors (Lipinski definition) is 1. The number of benzene rings is 2. The number of rotatable bonds is 8. The molecule has 1 N–H and O–H groups in total. The molecule has 0 radical (unpaired) electrons. The smallest absolute Gasteiger partial charge is 0.245 e. The number of carbonyl (C=O) groups excluding carboxylic acids is 1. The zero-order valence-electron chi connectivity index (χ0n) is 20.0. The highest BCUT2D eigenvalue weighted by atomic mass is 32.2. The summed E-state index contributed by atoms with van der Waals surface area (Å²) in [6.07, 6.45) is 0.996. The summed E-state index contributed by atoms with van der Waals surface area (Å²) in [6.45, 7) is 4.23. The van der Waals surface area contributed by atoms with Crippen molar-refractivity contribution in [2.45, 2.75) is 44.2 Å². The van der Waals surface area contributed by atoms with Crippen LogP contribution in [0.2, 0.25) is 0 Å². The van der Waals surface area contributed by atoms with E-state index < -0.39 is 22.0 Å². The molecule has 11 heteroatoms. The highest BCUT2D eigenvalue weighted by molar-refractivity contribution is 7.89. The van der Waals surface area contributed by atoms with Crippen molar-refractivity contribution in [1.82, 2.24) is 14.5 Å². The molecule has 1 unspecified atom stereocenters. The number of ether oxygens (including phenoxy) is 2. The topological polar surface area (TPSA) is 111 Å². The van der Waals surface area contributed by atoms with Crippen molar-refractivity contribution in [3.63, 3.8) is 0 Å². The summed E-state index contributed by atoms with van der Waals surface area (Å²) >= 11 is 1.30. The van der Waals surface area contributed by atoms with Crippen molar-refractivity contribution >= 4 is 32.4 Å². The molecule has 9 nitrogen and oxygen atoms in total. The highest BCUT2D eigenvalue weighted by Crippen LogP contribution is 2.34. The van der Waals surface area contributed by atoms with Gasteiger partial charge in [0.1, 0.15) is 11.0 Å². The Kier molecular flexibility index (Phi) is 7.39. The van der Waals surface area contributed by atoms with Crippen molar-refractivity contribution in [2.24, 2.45) is 5.92 Å². The molecule has 0 saturated carbocycles. The first-order valence-electron chi connectivity index (χ1n) is 11.2. The average Bonchev–Trinajstić information content (AvgIpc) is 3.28. The number of anilines is 1. The molecule has 1 aliphatic heterocycles. The number of amides is 1. The van der Waals surface area contributed by atoms with Crippen LogP contribution < -0.4 is 14.8 Å². The van der Waals surface area contributed by atoms with Crippen molar-refractivity contribution in [1.29, 1.82) is 0 Å². The van der Waals surface area contributed by atoms with Gasteiger partial charge in [-0.15, -0.1) is 10.2 Å². The van der Waals surface area contributed by atoms with E-state index in [1.807, 2.05) is 24.3 Å². The second-order valence-corrected chi connectivity index (χ2v) is 11.6. The van der Waals surface area contributed by atoms with Crippen LogP contribution >= 0.6 is 11.3 Å². The molecule has 0 fully saturated rings. The number of nitrogens with one attached hydrogen (secondary N) is 1. The van der Waals surface area contributed by atoms with Gasteiger partial charge in [-0.3, -0.25) is 10.1 Å². The zero-order valence-corrected chi connectivity index (χ0v) is 21.6. The molecule has 2 heterocycles. The summed E-state index contributed by atoms with van der Waals surface area (Å²) < 4.78 is 39.3.